The number of hydrogen-bond acceptors (Lipinski definition) is 3. The molecule has 1 saturated carbocycles. The average Bonchev–Trinajstić information content (AvgIpc) is 2.92. The summed E-state index contributed by atoms with van der Waals surface area (Å²) in [4.78, 5) is 13.2. The van der Waals surface area contributed by atoms with Crippen molar-refractivity contribution in [1.29, 1.82) is 0 Å². The van der Waals surface area contributed by atoms with Gasteiger partial charge < -0.3 is 9.52 Å². The minimum atomic E-state index is -0.990. The van der Waals surface area contributed by atoms with Crippen LogP contribution in [0.4, 0.5) is 0 Å². The van der Waals surface area contributed by atoms with E-state index in [1.54, 1.807) is 12.1 Å². The lowest BCUT2D eigenvalue weighted by Crippen LogP contribution is -2.40. The maximum Gasteiger partial charge on any atom is 0.371 e. The van der Waals surface area contributed by atoms with Gasteiger partial charge in [-0.1, -0.05) is 19.3 Å². The summed E-state index contributed by atoms with van der Waals surface area (Å²) in [6.45, 7) is 2.97. The highest BCUT2D eigenvalue weighted by atomic mass is 16.4. The zero-order valence-corrected chi connectivity index (χ0v) is 11.9. The van der Waals surface area contributed by atoms with Gasteiger partial charge in [-0.15, -0.1) is 0 Å². The molecule has 20 heavy (non-hydrogen) atoms. The van der Waals surface area contributed by atoms with Crippen molar-refractivity contribution in [2.45, 2.75) is 51.5 Å². The van der Waals surface area contributed by atoms with Gasteiger partial charge in [-0.05, 0) is 56.3 Å². The van der Waals surface area contributed by atoms with E-state index in [9.17, 15) is 4.79 Å². The van der Waals surface area contributed by atoms with Gasteiger partial charge in [-0.3, -0.25) is 4.90 Å². The van der Waals surface area contributed by atoms with E-state index in [1.165, 1.54) is 44.9 Å². The van der Waals surface area contributed by atoms with Gasteiger partial charge in [0.1, 0.15) is 5.76 Å². The Morgan fingerprint density at radius 2 is 1.85 bits per heavy atom. The topological polar surface area (TPSA) is 53.7 Å². The number of hydrogen-bond donors (Lipinski definition) is 1. The molecule has 1 aliphatic carbocycles. The van der Waals surface area contributed by atoms with Gasteiger partial charge in [-0.2, -0.15) is 0 Å². The molecule has 110 valence electrons. The quantitative estimate of drug-likeness (QED) is 0.918. The van der Waals surface area contributed by atoms with Crippen LogP contribution >= 0.6 is 0 Å². The summed E-state index contributed by atoms with van der Waals surface area (Å²) >= 11 is 0. The Bertz CT molecular complexity index is 464. The maximum absolute atomic E-state index is 10.8. The highest BCUT2D eigenvalue weighted by molar-refractivity contribution is 5.84. The average molecular weight is 277 g/mol. The van der Waals surface area contributed by atoms with Crippen molar-refractivity contribution in [1.82, 2.24) is 4.90 Å². The second kappa shape index (κ2) is 5.60. The third-order valence-corrected chi connectivity index (χ3v) is 5.08. The molecule has 1 aliphatic heterocycles. The second-order valence-electron chi connectivity index (χ2n) is 6.41. The molecule has 0 atom stereocenters. The first-order valence-electron chi connectivity index (χ1n) is 7.71. The lowest BCUT2D eigenvalue weighted by atomic mass is 9.68. The van der Waals surface area contributed by atoms with Crippen LogP contribution in [0.25, 0.3) is 0 Å². The molecule has 2 fully saturated rings. The van der Waals surface area contributed by atoms with E-state index in [1.807, 2.05) is 0 Å². The van der Waals surface area contributed by atoms with Gasteiger partial charge in [0.15, 0.2) is 0 Å². The summed E-state index contributed by atoms with van der Waals surface area (Å²) in [5.41, 5.74) is 0.615. The molecule has 3 rings (SSSR count). The van der Waals surface area contributed by atoms with Crippen molar-refractivity contribution in [3.05, 3.63) is 23.7 Å². The van der Waals surface area contributed by atoms with Gasteiger partial charge >= 0.3 is 5.97 Å². The second-order valence-corrected chi connectivity index (χ2v) is 6.41. The number of carbonyl (C=O) groups is 1. The van der Waals surface area contributed by atoms with Crippen molar-refractivity contribution in [3.8, 4) is 0 Å². The first-order valence-corrected chi connectivity index (χ1v) is 7.71. The molecule has 1 aromatic heterocycles. The fourth-order valence-corrected chi connectivity index (χ4v) is 3.79. The van der Waals surface area contributed by atoms with E-state index in [2.05, 4.69) is 4.90 Å². The molecule has 0 radical (unpaired) electrons. The standard InChI is InChI=1S/C16H23NO3/c18-15(19)14-5-4-13(20-14)12-17-10-8-16(9-11-17)6-2-1-3-7-16/h4-5H,1-3,6-12H2,(H,18,19). The van der Waals surface area contributed by atoms with E-state index in [-0.39, 0.29) is 5.76 Å². The third kappa shape index (κ3) is 2.90. The Morgan fingerprint density at radius 1 is 1.15 bits per heavy atom. The first kappa shape index (κ1) is 13.7. The van der Waals surface area contributed by atoms with Crippen molar-refractivity contribution in [3.63, 3.8) is 0 Å². The minimum Gasteiger partial charge on any atom is -0.475 e. The number of nitrogens with zero attached hydrogens (tertiary/aromatic N) is 1. The number of likely N-dealkylation sites (tertiary alicyclic amines) is 1. The molecule has 1 N–H and O–H groups in total. The van der Waals surface area contributed by atoms with Gasteiger partial charge in [0, 0.05) is 0 Å². The van der Waals surface area contributed by atoms with Gasteiger partial charge in [0.05, 0.1) is 6.54 Å². The predicted octanol–water partition coefficient (Wildman–Crippen LogP) is 3.52. The van der Waals surface area contributed by atoms with Crippen LogP contribution in [0, 0.1) is 5.41 Å². The van der Waals surface area contributed by atoms with Crippen molar-refractivity contribution < 1.29 is 14.3 Å². The summed E-state index contributed by atoms with van der Waals surface area (Å²) in [5.74, 6) is -0.182. The fraction of sp³-hybridized carbons (Fsp3) is 0.688. The molecule has 4 heteroatoms. The van der Waals surface area contributed by atoms with E-state index in [0.29, 0.717) is 5.41 Å². The monoisotopic (exact) mass is 277 g/mol. The van der Waals surface area contributed by atoms with Gasteiger partial charge in [0.2, 0.25) is 5.76 Å². The molecular weight excluding hydrogens is 254 g/mol. The van der Waals surface area contributed by atoms with Crippen LogP contribution < -0.4 is 0 Å². The van der Waals surface area contributed by atoms with Crippen molar-refractivity contribution in [2.24, 2.45) is 5.41 Å². The Labute approximate surface area is 119 Å². The van der Waals surface area contributed by atoms with Crippen LogP contribution in [0.2, 0.25) is 0 Å². The number of carboxylic acid groups (broad SMARTS) is 1. The van der Waals surface area contributed by atoms with Crippen molar-refractivity contribution >= 4 is 5.97 Å². The molecule has 1 saturated heterocycles. The summed E-state index contributed by atoms with van der Waals surface area (Å²) < 4.78 is 5.34. The molecular formula is C16H23NO3. The Hall–Kier alpha value is -1.29. The normalized spacial score (nSPS) is 23.0. The van der Waals surface area contributed by atoms with E-state index in [0.717, 1.165) is 25.4 Å². The van der Waals surface area contributed by atoms with Crippen LogP contribution in [0.15, 0.2) is 16.5 Å². The van der Waals surface area contributed by atoms with E-state index >= 15 is 0 Å². The predicted molar refractivity (Wildman–Crippen MR) is 75.7 cm³/mol. The number of furan rings is 1. The number of aromatic carboxylic acids is 1. The van der Waals surface area contributed by atoms with Crippen molar-refractivity contribution in [2.75, 3.05) is 13.1 Å². The molecule has 4 nitrogen and oxygen atoms in total. The van der Waals surface area contributed by atoms with Crippen LogP contribution in [-0.4, -0.2) is 29.1 Å². The summed E-state index contributed by atoms with van der Waals surface area (Å²) in [6, 6.07) is 3.33. The summed E-state index contributed by atoms with van der Waals surface area (Å²) in [6.07, 6.45) is 9.62. The highest BCUT2D eigenvalue weighted by Gasteiger charge is 2.35. The molecule has 0 aromatic carbocycles. The summed E-state index contributed by atoms with van der Waals surface area (Å²) in [7, 11) is 0. The molecule has 1 spiro atoms. The number of piperidine rings is 1. The number of rotatable bonds is 3. The zero-order chi connectivity index (χ0) is 14.0. The lowest BCUT2D eigenvalue weighted by Gasteiger charge is -2.44. The van der Waals surface area contributed by atoms with Crippen LogP contribution in [0.5, 0.6) is 0 Å². The SMILES string of the molecule is O=C(O)c1ccc(CN2CCC3(CCCCC3)CC2)o1. The molecule has 0 bridgehead atoms. The van der Waals surface area contributed by atoms with E-state index in [4.69, 9.17) is 9.52 Å². The largest absolute Gasteiger partial charge is 0.475 e. The molecule has 0 unspecified atom stereocenters. The Balaban J connectivity index is 1.54. The number of carboxylic acids is 1. The van der Waals surface area contributed by atoms with Crippen LogP contribution in [-0.2, 0) is 6.54 Å². The van der Waals surface area contributed by atoms with Gasteiger partial charge in [-0.25, -0.2) is 4.79 Å². The van der Waals surface area contributed by atoms with E-state index < -0.39 is 5.97 Å². The molecule has 0 amide bonds. The molecule has 1 aromatic rings. The fourth-order valence-electron chi connectivity index (χ4n) is 3.79. The zero-order valence-electron chi connectivity index (χ0n) is 11.9. The maximum atomic E-state index is 10.8. The lowest BCUT2D eigenvalue weighted by molar-refractivity contribution is 0.0587. The third-order valence-electron chi connectivity index (χ3n) is 5.08. The Kier molecular flexibility index (Phi) is 3.83. The minimum absolute atomic E-state index is 0.0424. The smallest absolute Gasteiger partial charge is 0.371 e. The first-order chi connectivity index (χ1) is 9.67. The van der Waals surface area contributed by atoms with Crippen LogP contribution in [0.3, 0.4) is 0 Å². The van der Waals surface area contributed by atoms with Crippen LogP contribution in [0.1, 0.15) is 61.3 Å². The summed E-state index contributed by atoms with van der Waals surface area (Å²) in [5, 5.41) is 8.86. The van der Waals surface area contributed by atoms with Gasteiger partial charge in [0.25, 0.3) is 0 Å². The molecule has 2 heterocycles. The highest BCUT2D eigenvalue weighted by Crippen LogP contribution is 2.44. The Morgan fingerprint density at radius 3 is 2.45 bits per heavy atom. The molecule has 2 aliphatic rings.